The molecule has 5 heteroatoms. The third kappa shape index (κ3) is 2.82. The normalized spacial score (nSPS) is 21.2. The maximum atomic E-state index is 12.1. The van der Waals surface area contributed by atoms with Crippen LogP contribution in [0.25, 0.3) is 0 Å². The third-order valence-corrected chi connectivity index (χ3v) is 3.78. The standard InChI is InChI=1S/C15H18N2O3/c18-14-6-4-10-8-11(3-5-13(10)17-14)15(19)16-9-12-2-1-7-20-12/h3,5,8,12H,1-2,4,6-7,9H2,(H,16,19)(H,17,18)/t12-/m1/s1. The van der Waals surface area contributed by atoms with Gasteiger partial charge in [0.2, 0.25) is 5.91 Å². The van der Waals surface area contributed by atoms with Crippen LogP contribution in [-0.4, -0.2) is 31.1 Å². The summed E-state index contributed by atoms with van der Waals surface area (Å²) in [6, 6.07) is 5.41. The Bertz CT molecular complexity index is 536. The summed E-state index contributed by atoms with van der Waals surface area (Å²) in [6.45, 7) is 1.35. The quantitative estimate of drug-likeness (QED) is 0.877. The van der Waals surface area contributed by atoms with E-state index in [1.54, 1.807) is 12.1 Å². The molecule has 0 radical (unpaired) electrons. The minimum absolute atomic E-state index is 0.0353. The molecule has 1 saturated heterocycles. The van der Waals surface area contributed by atoms with E-state index in [0.29, 0.717) is 24.9 Å². The zero-order chi connectivity index (χ0) is 13.9. The van der Waals surface area contributed by atoms with E-state index in [-0.39, 0.29) is 17.9 Å². The average Bonchev–Trinajstić information content (AvgIpc) is 2.97. The molecule has 2 N–H and O–H groups in total. The minimum atomic E-state index is -0.0831. The van der Waals surface area contributed by atoms with Gasteiger partial charge in [0.15, 0.2) is 0 Å². The van der Waals surface area contributed by atoms with Crippen molar-refractivity contribution in [3.8, 4) is 0 Å². The van der Waals surface area contributed by atoms with Crippen LogP contribution in [0.1, 0.15) is 35.2 Å². The van der Waals surface area contributed by atoms with E-state index in [2.05, 4.69) is 10.6 Å². The Hall–Kier alpha value is -1.88. The molecule has 0 spiro atoms. The van der Waals surface area contributed by atoms with Gasteiger partial charge in [-0.2, -0.15) is 0 Å². The van der Waals surface area contributed by atoms with Crippen molar-refractivity contribution >= 4 is 17.5 Å². The maximum absolute atomic E-state index is 12.1. The second kappa shape index (κ2) is 5.63. The molecular formula is C15H18N2O3. The lowest BCUT2D eigenvalue weighted by Gasteiger charge is -2.17. The molecule has 0 aromatic heterocycles. The summed E-state index contributed by atoms with van der Waals surface area (Å²) in [5.41, 5.74) is 2.48. The Morgan fingerprint density at radius 2 is 2.30 bits per heavy atom. The lowest BCUT2D eigenvalue weighted by Crippen LogP contribution is -2.32. The van der Waals surface area contributed by atoms with Gasteiger partial charge in [-0.25, -0.2) is 0 Å². The average molecular weight is 274 g/mol. The molecule has 0 bridgehead atoms. The fraction of sp³-hybridized carbons (Fsp3) is 0.467. The highest BCUT2D eigenvalue weighted by Crippen LogP contribution is 2.23. The van der Waals surface area contributed by atoms with E-state index in [1.165, 1.54) is 0 Å². The van der Waals surface area contributed by atoms with Crippen LogP contribution in [0, 0.1) is 0 Å². The largest absolute Gasteiger partial charge is 0.376 e. The van der Waals surface area contributed by atoms with E-state index in [9.17, 15) is 9.59 Å². The molecule has 1 aromatic carbocycles. The number of fused-ring (bicyclic) bond motifs is 1. The highest BCUT2D eigenvalue weighted by Gasteiger charge is 2.19. The summed E-state index contributed by atoms with van der Waals surface area (Å²) in [7, 11) is 0. The molecule has 2 aliphatic rings. The Morgan fingerprint density at radius 1 is 1.40 bits per heavy atom. The smallest absolute Gasteiger partial charge is 0.251 e. The number of hydrogen-bond acceptors (Lipinski definition) is 3. The first-order valence-electron chi connectivity index (χ1n) is 7.05. The first kappa shape index (κ1) is 13.1. The Kier molecular flexibility index (Phi) is 3.69. The van der Waals surface area contributed by atoms with E-state index >= 15 is 0 Å². The van der Waals surface area contributed by atoms with Crippen molar-refractivity contribution in [1.29, 1.82) is 0 Å². The lowest BCUT2D eigenvalue weighted by atomic mass is 10.00. The summed E-state index contributed by atoms with van der Waals surface area (Å²) in [5, 5.41) is 5.72. The summed E-state index contributed by atoms with van der Waals surface area (Å²) in [6.07, 6.45) is 3.40. The van der Waals surface area contributed by atoms with Gasteiger partial charge in [-0.3, -0.25) is 9.59 Å². The van der Waals surface area contributed by atoms with Gasteiger partial charge in [0.25, 0.3) is 5.91 Å². The molecule has 2 heterocycles. The van der Waals surface area contributed by atoms with Crippen LogP contribution < -0.4 is 10.6 Å². The van der Waals surface area contributed by atoms with Crippen LogP contribution in [0.4, 0.5) is 5.69 Å². The molecule has 0 aliphatic carbocycles. The van der Waals surface area contributed by atoms with Crippen LogP contribution in [0.3, 0.4) is 0 Å². The first-order chi connectivity index (χ1) is 9.72. The molecule has 1 atom stereocenters. The van der Waals surface area contributed by atoms with Crippen molar-refractivity contribution < 1.29 is 14.3 Å². The van der Waals surface area contributed by atoms with Gasteiger partial charge in [-0.15, -0.1) is 0 Å². The van der Waals surface area contributed by atoms with Crippen molar-refractivity contribution in [3.05, 3.63) is 29.3 Å². The van der Waals surface area contributed by atoms with Crippen molar-refractivity contribution in [2.24, 2.45) is 0 Å². The highest BCUT2D eigenvalue weighted by atomic mass is 16.5. The van der Waals surface area contributed by atoms with Crippen molar-refractivity contribution in [2.45, 2.75) is 31.8 Å². The molecule has 0 saturated carbocycles. The van der Waals surface area contributed by atoms with E-state index < -0.39 is 0 Å². The molecule has 2 aliphatic heterocycles. The second-order valence-corrected chi connectivity index (χ2v) is 5.27. The summed E-state index contributed by atoms with van der Waals surface area (Å²) < 4.78 is 5.48. The Morgan fingerprint density at radius 3 is 3.10 bits per heavy atom. The molecule has 1 fully saturated rings. The number of amides is 2. The van der Waals surface area contributed by atoms with Gasteiger partial charge < -0.3 is 15.4 Å². The molecule has 2 amide bonds. The lowest BCUT2D eigenvalue weighted by molar-refractivity contribution is -0.116. The number of hydrogen-bond donors (Lipinski definition) is 2. The molecule has 5 nitrogen and oxygen atoms in total. The summed E-state index contributed by atoms with van der Waals surface area (Å²) in [4.78, 5) is 23.4. The van der Waals surface area contributed by atoms with Gasteiger partial charge in [0.1, 0.15) is 0 Å². The number of carbonyl (C=O) groups is 2. The van der Waals surface area contributed by atoms with E-state index in [0.717, 1.165) is 30.7 Å². The highest BCUT2D eigenvalue weighted by molar-refractivity contribution is 5.97. The predicted molar refractivity (Wildman–Crippen MR) is 74.7 cm³/mol. The number of carbonyl (C=O) groups excluding carboxylic acids is 2. The molecular weight excluding hydrogens is 256 g/mol. The van der Waals surface area contributed by atoms with Crippen LogP contribution >= 0.6 is 0 Å². The number of anilines is 1. The Labute approximate surface area is 117 Å². The number of rotatable bonds is 3. The third-order valence-electron chi connectivity index (χ3n) is 3.78. The van der Waals surface area contributed by atoms with Gasteiger partial charge in [0, 0.05) is 30.8 Å². The van der Waals surface area contributed by atoms with Crippen LogP contribution in [0.2, 0.25) is 0 Å². The van der Waals surface area contributed by atoms with Crippen LogP contribution in [0.15, 0.2) is 18.2 Å². The van der Waals surface area contributed by atoms with Gasteiger partial charge in [0.05, 0.1) is 6.10 Å². The van der Waals surface area contributed by atoms with Crippen molar-refractivity contribution in [3.63, 3.8) is 0 Å². The fourth-order valence-corrected chi connectivity index (χ4v) is 2.64. The molecule has 106 valence electrons. The Balaban J connectivity index is 1.64. The molecule has 1 aromatic rings. The number of nitrogens with one attached hydrogen (secondary N) is 2. The SMILES string of the molecule is O=C1CCc2cc(C(=O)NC[C@H]3CCCO3)ccc2N1. The monoisotopic (exact) mass is 274 g/mol. The van der Waals surface area contributed by atoms with E-state index in [1.807, 2.05) is 6.07 Å². The minimum Gasteiger partial charge on any atom is -0.376 e. The van der Waals surface area contributed by atoms with E-state index in [4.69, 9.17) is 4.74 Å². The first-order valence-corrected chi connectivity index (χ1v) is 7.05. The predicted octanol–water partition coefficient (Wildman–Crippen LogP) is 1.48. The van der Waals surface area contributed by atoms with Gasteiger partial charge >= 0.3 is 0 Å². The topological polar surface area (TPSA) is 67.4 Å². The number of ether oxygens (including phenoxy) is 1. The maximum Gasteiger partial charge on any atom is 0.251 e. The van der Waals surface area contributed by atoms with Gasteiger partial charge in [-0.1, -0.05) is 0 Å². The zero-order valence-corrected chi connectivity index (χ0v) is 11.3. The fourth-order valence-electron chi connectivity index (χ4n) is 2.64. The summed E-state index contributed by atoms with van der Waals surface area (Å²) >= 11 is 0. The zero-order valence-electron chi connectivity index (χ0n) is 11.3. The van der Waals surface area contributed by atoms with Crippen LogP contribution in [-0.2, 0) is 16.0 Å². The summed E-state index contributed by atoms with van der Waals surface area (Å²) in [5.74, 6) is -0.0479. The molecule has 3 rings (SSSR count). The van der Waals surface area contributed by atoms with Crippen molar-refractivity contribution in [1.82, 2.24) is 5.32 Å². The molecule has 0 unspecified atom stereocenters. The van der Waals surface area contributed by atoms with Crippen molar-refractivity contribution in [2.75, 3.05) is 18.5 Å². The molecule has 20 heavy (non-hydrogen) atoms. The number of benzene rings is 1. The second-order valence-electron chi connectivity index (χ2n) is 5.27. The number of aryl methyl sites for hydroxylation is 1. The van der Waals surface area contributed by atoms with Crippen LogP contribution in [0.5, 0.6) is 0 Å². The van der Waals surface area contributed by atoms with Gasteiger partial charge in [-0.05, 0) is 43.0 Å².